The summed E-state index contributed by atoms with van der Waals surface area (Å²) in [6, 6.07) is 12.8. The van der Waals surface area contributed by atoms with Crippen molar-refractivity contribution in [3.63, 3.8) is 0 Å². The third kappa shape index (κ3) is 4.06. The van der Waals surface area contributed by atoms with E-state index in [1.807, 2.05) is 24.3 Å². The maximum absolute atomic E-state index is 12.4. The first-order valence-electron chi connectivity index (χ1n) is 8.96. The van der Waals surface area contributed by atoms with E-state index in [4.69, 9.17) is 14.2 Å². The lowest BCUT2D eigenvalue weighted by molar-refractivity contribution is -0.126. The summed E-state index contributed by atoms with van der Waals surface area (Å²) in [5.41, 5.74) is 0.792. The molecule has 2 aliphatic heterocycles. The molecule has 2 amide bonds. The molecular formula is C20H19BrN2O5. The quantitative estimate of drug-likeness (QED) is 0.690. The average Bonchev–Trinajstić information content (AvgIpc) is 3.31. The van der Waals surface area contributed by atoms with Gasteiger partial charge in [0.1, 0.15) is 12.4 Å². The van der Waals surface area contributed by atoms with Gasteiger partial charge in [-0.15, -0.1) is 0 Å². The molecule has 8 heteroatoms. The van der Waals surface area contributed by atoms with E-state index >= 15 is 0 Å². The second-order valence-corrected chi connectivity index (χ2v) is 7.46. The van der Waals surface area contributed by atoms with Crippen molar-refractivity contribution in [3.8, 4) is 17.2 Å². The molecule has 1 atom stereocenters. The number of hydrogen-bond donors (Lipinski definition) is 1. The Morgan fingerprint density at radius 1 is 1.21 bits per heavy atom. The third-order valence-electron chi connectivity index (χ3n) is 4.63. The van der Waals surface area contributed by atoms with Crippen LogP contribution in [0.1, 0.15) is 6.42 Å². The molecule has 2 aromatic carbocycles. The Hall–Kier alpha value is -2.74. The van der Waals surface area contributed by atoms with Crippen molar-refractivity contribution in [2.24, 2.45) is 5.92 Å². The van der Waals surface area contributed by atoms with Crippen LogP contribution in [0.3, 0.4) is 0 Å². The average molecular weight is 447 g/mol. The number of amides is 2. The number of fused-ring (bicyclic) bond motifs is 1. The van der Waals surface area contributed by atoms with Gasteiger partial charge in [0.15, 0.2) is 11.5 Å². The summed E-state index contributed by atoms with van der Waals surface area (Å²) in [4.78, 5) is 26.4. The molecule has 7 nitrogen and oxygen atoms in total. The molecule has 0 aromatic heterocycles. The minimum absolute atomic E-state index is 0.0464. The van der Waals surface area contributed by atoms with Gasteiger partial charge in [-0.05, 0) is 30.3 Å². The van der Waals surface area contributed by atoms with Crippen LogP contribution in [0.5, 0.6) is 17.2 Å². The van der Waals surface area contributed by atoms with Crippen molar-refractivity contribution < 1.29 is 23.8 Å². The van der Waals surface area contributed by atoms with Gasteiger partial charge in [-0.2, -0.15) is 0 Å². The Bertz CT molecular complexity index is 904. The number of benzene rings is 2. The molecule has 1 saturated heterocycles. The van der Waals surface area contributed by atoms with E-state index < -0.39 is 0 Å². The Morgan fingerprint density at radius 2 is 2.07 bits per heavy atom. The van der Waals surface area contributed by atoms with Crippen LogP contribution in [0.25, 0.3) is 0 Å². The predicted octanol–water partition coefficient (Wildman–Crippen LogP) is 2.73. The fourth-order valence-corrected chi connectivity index (χ4v) is 3.62. The van der Waals surface area contributed by atoms with Crippen LogP contribution in [0.4, 0.5) is 5.69 Å². The van der Waals surface area contributed by atoms with Gasteiger partial charge in [0, 0.05) is 29.2 Å². The smallest absolute Gasteiger partial charge is 0.231 e. The van der Waals surface area contributed by atoms with Gasteiger partial charge in [-0.25, -0.2) is 0 Å². The zero-order valence-electron chi connectivity index (χ0n) is 15.0. The Morgan fingerprint density at radius 3 is 2.93 bits per heavy atom. The standard InChI is InChI=1S/C20H19BrN2O5/c21-14-2-1-3-15(9-14)23-11-13(8-19(23)24)20(25)22-6-7-26-16-4-5-17-18(10-16)28-12-27-17/h1-5,9-10,13H,6-8,11-12H2,(H,22,25). The second kappa shape index (κ2) is 8.10. The summed E-state index contributed by atoms with van der Waals surface area (Å²) in [5, 5.41) is 2.84. The topological polar surface area (TPSA) is 77.1 Å². The number of nitrogens with one attached hydrogen (secondary N) is 1. The number of carbonyl (C=O) groups excluding carboxylic acids is 2. The SMILES string of the molecule is O=C(NCCOc1ccc2c(c1)OCO2)C1CC(=O)N(c2cccc(Br)c2)C1. The highest BCUT2D eigenvalue weighted by Crippen LogP contribution is 2.35. The zero-order chi connectivity index (χ0) is 19.5. The van der Waals surface area contributed by atoms with E-state index in [0.29, 0.717) is 36.9 Å². The van der Waals surface area contributed by atoms with Gasteiger partial charge >= 0.3 is 0 Å². The zero-order valence-corrected chi connectivity index (χ0v) is 16.6. The van der Waals surface area contributed by atoms with Crippen LogP contribution in [0.15, 0.2) is 46.9 Å². The number of carbonyl (C=O) groups is 2. The summed E-state index contributed by atoms with van der Waals surface area (Å²) >= 11 is 3.40. The first-order chi connectivity index (χ1) is 13.6. The molecule has 1 fully saturated rings. The number of hydrogen-bond acceptors (Lipinski definition) is 5. The minimum atomic E-state index is -0.364. The fourth-order valence-electron chi connectivity index (χ4n) is 3.23. The molecule has 0 spiro atoms. The van der Waals surface area contributed by atoms with Crippen molar-refractivity contribution in [2.45, 2.75) is 6.42 Å². The molecule has 0 radical (unpaired) electrons. The molecule has 28 heavy (non-hydrogen) atoms. The number of halogens is 1. The molecule has 4 rings (SSSR count). The summed E-state index contributed by atoms with van der Waals surface area (Å²) in [5.74, 6) is 1.45. The first-order valence-corrected chi connectivity index (χ1v) is 9.75. The second-order valence-electron chi connectivity index (χ2n) is 6.54. The molecule has 0 saturated carbocycles. The predicted molar refractivity (Wildman–Crippen MR) is 106 cm³/mol. The van der Waals surface area contributed by atoms with Crippen molar-refractivity contribution in [2.75, 3.05) is 31.4 Å². The Balaban J connectivity index is 1.25. The molecule has 0 bridgehead atoms. The van der Waals surface area contributed by atoms with Crippen molar-refractivity contribution in [3.05, 3.63) is 46.9 Å². The molecular weight excluding hydrogens is 428 g/mol. The molecule has 2 aromatic rings. The maximum atomic E-state index is 12.4. The highest BCUT2D eigenvalue weighted by Gasteiger charge is 2.35. The lowest BCUT2D eigenvalue weighted by Gasteiger charge is -2.17. The molecule has 2 aliphatic rings. The van der Waals surface area contributed by atoms with Crippen LogP contribution in [-0.4, -0.2) is 38.3 Å². The van der Waals surface area contributed by atoms with Crippen molar-refractivity contribution >= 4 is 33.4 Å². The van der Waals surface area contributed by atoms with Gasteiger partial charge in [-0.3, -0.25) is 9.59 Å². The summed E-state index contributed by atoms with van der Waals surface area (Å²) < 4.78 is 17.1. The lowest BCUT2D eigenvalue weighted by Crippen LogP contribution is -2.35. The number of rotatable bonds is 6. The van der Waals surface area contributed by atoms with Gasteiger partial charge in [-0.1, -0.05) is 22.0 Å². The Kier molecular flexibility index (Phi) is 5.38. The van der Waals surface area contributed by atoms with E-state index in [-0.39, 0.29) is 30.9 Å². The highest BCUT2D eigenvalue weighted by atomic mass is 79.9. The lowest BCUT2D eigenvalue weighted by atomic mass is 10.1. The van der Waals surface area contributed by atoms with Crippen LogP contribution in [-0.2, 0) is 9.59 Å². The molecule has 0 aliphatic carbocycles. The van der Waals surface area contributed by atoms with E-state index in [9.17, 15) is 9.59 Å². The summed E-state index contributed by atoms with van der Waals surface area (Å²) in [6.07, 6.45) is 0.210. The van der Waals surface area contributed by atoms with Gasteiger partial charge in [0.05, 0.1) is 12.5 Å². The van der Waals surface area contributed by atoms with E-state index in [0.717, 1.165) is 10.2 Å². The van der Waals surface area contributed by atoms with Gasteiger partial charge in [0.25, 0.3) is 0 Å². The van der Waals surface area contributed by atoms with Crippen molar-refractivity contribution in [1.29, 1.82) is 0 Å². The molecule has 1 N–H and O–H groups in total. The van der Waals surface area contributed by atoms with E-state index in [1.165, 1.54) is 0 Å². The number of nitrogens with zero attached hydrogens (tertiary/aromatic N) is 1. The maximum Gasteiger partial charge on any atom is 0.231 e. The number of ether oxygens (including phenoxy) is 3. The minimum Gasteiger partial charge on any atom is -0.492 e. The molecule has 146 valence electrons. The Labute approximate surface area is 170 Å². The third-order valence-corrected chi connectivity index (χ3v) is 5.12. The normalized spacial score (nSPS) is 17.7. The highest BCUT2D eigenvalue weighted by molar-refractivity contribution is 9.10. The molecule has 2 heterocycles. The van der Waals surface area contributed by atoms with Crippen LogP contribution in [0, 0.1) is 5.92 Å². The largest absolute Gasteiger partial charge is 0.492 e. The van der Waals surface area contributed by atoms with Gasteiger partial charge < -0.3 is 24.4 Å². The van der Waals surface area contributed by atoms with Crippen LogP contribution >= 0.6 is 15.9 Å². The molecule has 1 unspecified atom stereocenters. The first kappa shape index (κ1) is 18.6. The fraction of sp³-hybridized carbons (Fsp3) is 0.300. The van der Waals surface area contributed by atoms with Crippen molar-refractivity contribution in [1.82, 2.24) is 5.32 Å². The number of anilines is 1. The van der Waals surface area contributed by atoms with Crippen LogP contribution < -0.4 is 24.4 Å². The van der Waals surface area contributed by atoms with E-state index in [1.54, 1.807) is 23.1 Å². The van der Waals surface area contributed by atoms with Gasteiger partial charge in [0.2, 0.25) is 18.6 Å². The summed E-state index contributed by atoms with van der Waals surface area (Å²) in [6.45, 7) is 1.27. The van der Waals surface area contributed by atoms with Crippen LogP contribution in [0.2, 0.25) is 0 Å². The monoisotopic (exact) mass is 446 g/mol. The van der Waals surface area contributed by atoms with E-state index in [2.05, 4.69) is 21.2 Å². The summed E-state index contributed by atoms with van der Waals surface area (Å²) in [7, 11) is 0.